The number of rotatable bonds is 5. The van der Waals surface area contributed by atoms with Crippen LogP contribution in [0.15, 0.2) is 36.5 Å². The van der Waals surface area contributed by atoms with E-state index in [1.165, 1.54) is 29.7 Å². The van der Waals surface area contributed by atoms with E-state index in [2.05, 4.69) is 20.6 Å². The molecule has 36 heavy (non-hydrogen) atoms. The molecule has 0 saturated carbocycles. The molecule has 3 aromatic rings. The first-order valence-corrected chi connectivity index (χ1v) is 12.2. The third kappa shape index (κ3) is 5.89. The van der Waals surface area contributed by atoms with Crippen LogP contribution in [0.25, 0.3) is 10.9 Å². The minimum atomic E-state index is -3.15. The summed E-state index contributed by atoms with van der Waals surface area (Å²) in [5.74, 6) is -2.04. The molecule has 0 spiro atoms. The Balaban J connectivity index is 0.00000228. The molecule has 190 valence electrons. The number of aromatic nitrogens is 2. The van der Waals surface area contributed by atoms with E-state index in [4.69, 9.17) is 0 Å². The van der Waals surface area contributed by atoms with Gasteiger partial charge in [0.25, 0.3) is 11.8 Å². The molecule has 3 heterocycles. The number of nitrogens with one attached hydrogen (secondary N) is 2. The van der Waals surface area contributed by atoms with E-state index in [0.717, 1.165) is 6.07 Å². The predicted molar refractivity (Wildman–Crippen MR) is 137 cm³/mol. The fourth-order valence-corrected chi connectivity index (χ4v) is 5.46. The van der Waals surface area contributed by atoms with Gasteiger partial charge in [0.05, 0.1) is 5.75 Å². The van der Waals surface area contributed by atoms with Crippen LogP contribution in [0.3, 0.4) is 0 Å². The molecule has 7 N–H and O–H groups in total. The van der Waals surface area contributed by atoms with Gasteiger partial charge in [-0.3, -0.25) is 28.0 Å². The van der Waals surface area contributed by atoms with Crippen LogP contribution in [0.4, 0.5) is 10.2 Å². The van der Waals surface area contributed by atoms with Crippen LogP contribution in [0, 0.1) is 5.82 Å². The fourth-order valence-electron chi connectivity index (χ4n) is 3.81. The first kappa shape index (κ1) is 29.7. The number of aromatic hydroxyl groups is 1. The number of hydrogen-bond donors (Lipinski definition) is 5. The van der Waals surface area contributed by atoms with E-state index in [1.807, 2.05) is 0 Å². The van der Waals surface area contributed by atoms with Crippen molar-refractivity contribution in [2.24, 2.45) is 0 Å². The quantitative estimate of drug-likeness (QED) is 0.308. The molecule has 1 aliphatic heterocycles. The molecule has 2 amide bonds. The Kier molecular flexibility index (Phi) is 10.0. The van der Waals surface area contributed by atoms with Crippen molar-refractivity contribution in [3.8, 4) is 5.75 Å². The normalized spacial score (nSPS) is 15.3. The van der Waals surface area contributed by atoms with Crippen molar-refractivity contribution in [3.05, 3.63) is 59.2 Å². The van der Waals surface area contributed by atoms with Gasteiger partial charge in [-0.25, -0.2) is 9.37 Å². The van der Waals surface area contributed by atoms with Gasteiger partial charge in [-0.2, -0.15) is 0 Å². The van der Waals surface area contributed by atoms with Gasteiger partial charge in [-0.15, -0.1) is 10.8 Å². The Morgan fingerprint density at radius 2 is 1.94 bits per heavy atom. The molecule has 4 rings (SSSR count). The number of carbonyl (C=O) groups is 2. The number of carbonyl (C=O) groups excluding carboxylic acids is 2. The third-order valence-electron chi connectivity index (χ3n) is 5.53. The first-order valence-electron chi connectivity index (χ1n) is 10.5. The number of nitrogens with zero attached hydrogens (tertiary/aromatic N) is 3. The van der Waals surface area contributed by atoms with Crippen molar-refractivity contribution in [2.45, 2.75) is 19.4 Å². The number of pyridine rings is 2. The van der Waals surface area contributed by atoms with Crippen molar-refractivity contribution in [1.82, 2.24) is 20.6 Å². The zero-order valence-electron chi connectivity index (χ0n) is 18.8. The van der Waals surface area contributed by atoms with E-state index in [0.29, 0.717) is 30.3 Å². The summed E-state index contributed by atoms with van der Waals surface area (Å²) in [5, 5.41) is 16.1. The zero-order chi connectivity index (χ0) is 24.5. The van der Waals surface area contributed by atoms with Crippen molar-refractivity contribution in [2.75, 3.05) is 23.7 Å². The maximum absolute atomic E-state index is 13.6. The Hall–Kier alpha value is -2.52. The van der Waals surface area contributed by atoms with Crippen LogP contribution < -0.4 is 14.9 Å². The van der Waals surface area contributed by atoms with E-state index < -0.39 is 34.2 Å². The summed E-state index contributed by atoms with van der Waals surface area (Å²) in [7, 11) is -1.74. The van der Waals surface area contributed by atoms with Crippen LogP contribution in [-0.2, 0) is 6.54 Å². The Morgan fingerprint density at radius 3 is 2.64 bits per heavy atom. The summed E-state index contributed by atoms with van der Waals surface area (Å²) in [5.41, 5.74) is 0.151. The summed E-state index contributed by atoms with van der Waals surface area (Å²) < 4.78 is 36.2. The molecule has 2 aromatic heterocycles. The molecular weight excluding hydrogens is 504 g/mol. The second-order valence-electron chi connectivity index (χ2n) is 7.74. The molecule has 0 radical (unpaired) electrons. The molecule has 1 fully saturated rings. The van der Waals surface area contributed by atoms with E-state index in [1.54, 1.807) is 12.1 Å². The van der Waals surface area contributed by atoms with Gasteiger partial charge in [0.15, 0.2) is 17.3 Å². The van der Waals surface area contributed by atoms with Gasteiger partial charge in [-0.05, 0) is 42.7 Å². The van der Waals surface area contributed by atoms with Crippen molar-refractivity contribution >= 4 is 68.9 Å². The predicted octanol–water partition coefficient (Wildman–Crippen LogP) is 1.56. The topological polar surface area (TPSA) is 179 Å². The summed E-state index contributed by atoms with van der Waals surface area (Å²) in [6.07, 6.45) is 2.79. The Labute approximate surface area is 230 Å². The molecule has 0 atom stereocenters. The summed E-state index contributed by atoms with van der Waals surface area (Å²) >= 11 is 0. The molecule has 0 bridgehead atoms. The van der Waals surface area contributed by atoms with Gasteiger partial charge in [0.1, 0.15) is 11.3 Å². The Bertz CT molecular complexity index is 1280. The third-order valence-corrected chi connectivity index (χ3v) is 7.43. The van der Waals surface area contributed by atoms with Crippen LogP contribution in [0.2, 0.25) is 0 Å². The van der Waals surface area contributed by atoms with Crippen molar-refractivity contribution in [3.63, 3.8) is 0 Å². The monoisotopic (exact) mass is 531 g/mol. The number of anilines is 1. The second kappa shape index (κ2) is 12.1. The van der Waals surface area contributed by atoms with Crippen LogP contribution in [-0.4, -0.2) is 90.4 Å². The number of halogens is 1. The fraction of sp³-hybridized carbons (Fsp3) is 0.273. The summed E-state index contributed by atoms with van der Waals surface area (Å²) in [4.78, 5) is 33.6. The molecule has 11 nitrogen and oxygen atoms in total. The first-order chi connectivity index (χ1) is 16.2. The number of amides is 2. The zero-order valence-corrected chi connectivity index (χ0v) is 19.6. The SMILES string of the molecule is CNC(=O)c1cc(F)ccc1CNC(=O)c1nc(N2CCCCS2(O)O)c2cccnc2c1O.O.[NaH]. The molecule has 1 aliphatic rings. The average Bonchev–Trinajstić information content (AvgIpc) is 2.83. The number of benzene rings is 1. The minimum absolute atomic E-state index is 0. The van der Waals surface area contributed by atoms with Crippen molar-refractivity contribution in [1.29, 1.82) is 0 Å². The van der Waals surface area contributed by atoms with Gasteiger partial charge in [0, 0.05) is 37.3 Å². The van der Waals surface area contributed by atoms with E-state index in [9.17, 15) is 28.2 Å². The van der Waals surface area contributed by atoms with E-state index in [-0.39, 0.29) is 69.9 Å². The molecular formula is C22H27FN5NaO6S. The average molecular weight is 532 g/mol. The maximum atomic E-state index is 13.6. The number of fused-ring (bicyclic) bond motifs is 1. The van der Waals surface area contributed by atoms with Crippen LogP contribution >= 0.6 is 10.8 Å². The molecule has 0 unspecified atom stereocenters. The standard InChI is InChI=1S/C22H24FN5O5S.Na.H2O.H/c1-24-21(30)16-11-14(23)7-6-13(16)12-26-22(31)18-19(29)17-15(5-4-8-25-17)20(27-18)28-9-2-3-10-34(28,32)33;;;/h4-8,11,29,32-33H,2-3,9-10,12H2,1H3,(H,24,30)(H,26,31);;1H2;. The van der Waals surface area contributed by atoms with E-state index >= 15 is 0 Å². The number of hydrogen-bond acceptors (Lipinski definition) is 8. The summed E-state index contributed by atoms with van der Waals surface area (Å²) in [6, 6.07) is 6.86. The molecule has 1 aromatic carbocycles. The van der Waals surface area contributed by atoms with Gasteiger partial charge < -0.3 is 21.2 Å². The van der Waals surface area contributed by atoms with Gasteiger partial charge in [-0.1, -0.05) is 6.07 Å². The van der Waals surface area contributed by atoms with Gasteiger partial charge >= 0.3 is 29.6 Å². The van der Waals surface area contributed by atoms with Crippen molar-refractivity contribution < 1.29 is 33.7 Å². The molecule has 14 heteroatoms. The van der Waals surface area contributed by atoms with Crippen LogP contribution in [0.1, 0.15) is 39.3 Å². The summed E-state index contributed by atoms with van der Waals surface area (Å²) in [6.45, 7) is 0.174. The van der Waals surface area contributed by atoms with Gasteiger partial charge in [0.2, 0.25) is 0 Å². The second-order valence-corrected chi connectivity index (χ2v) is 9.85. The molecule has 0 aliphatic carbocycles. The Morgan fingerprint density at radius 1 is 1.19 bits per heavy atom. The van der Waals surface area contributed by atoms with Crippen LogP contribution in [0.5, 0.6) is 5.75 Å². The molecule has 1 saturated heterocycles.